The summed E-state index contributed by atoms with van der Waals surface area (Å²) in [6.07, 6.45) is 2.57. The van der Waals surface area contributed by atoms with Gasteiger partial charge in [-0.3, -0.25) is 4.79 Å². The van der Waals surface area contributed by atoms with E-state index in [1.54, 1.807) is 0 Å². The molecule has 1 aliphatic heterocycles. The van der Waals surface area contributed by atoms with Crippen molar-refractivity contribution >= 4 is 51.2 Å². The number of esters is 1. The van der Waals surface area contributed by atoms with Gasteiger partial charge in [-0.05, 0) is 18.8 Å². The third kappa shape index (κ3) is 1.13. The van der Waals surface area contributed by atoms with Gasteiger partial charge < -0.3 is 4.74 Å². The number of hydrogen-bond donors (Lipinski definition) is 0. The molecule has 0 aromatic carbocycles. The zero-order valence-corrected chi connectivity index (χ0v) is 11.3. The molecule has 72 valence electrons. The van der Waals surface area contributed by atoms with Crippen molar-refractivity contribution in [3.8, 4) is 0 Å². The second kappa shape index (κ2) is 2.96. The molecule has 0 amide bonds. The third-order valence-electron chi connectivity index (χ3n) is 3.69. The Labute approximate surface area is 104 Å². The minimum absolute atomic E-state index is 0.0838. The van der Waals surface area contributed by atoms with Crippen LogP contribution in [0.4, 0.5) is 0 Å². The Hall–Kier alpha value is 0.930. The molecule has 0 spiro atoms. The first-order valence-corrected chi connectivity index (χ1v) is 7.16. The van der Waals surface area contributed by atoms with E-state index >= 15 is 0 Å². The van der Waals surface area contributed by atoms with E-state index < -0.39 is 0 Å². The first kappa shape index (κ1) is 9.18. The summed E-state index contributed by atoms with van der Waals surface area (Å²) in [5, 5.41) is 0. The summed E-state index contributed by atoms with van der Waals surface area (Å²) in [7, 11) is 0. The van der Waals surface area contributed by atoms with Gasteiger partial charge in [0.05, 0.1) is 5.92 Å². The number of carbonyl (C=O) groups excluding carboxylic acids is 1. The lowest BCUT2D eigenvalue weighted by atomic mass is 9.93. The van der Waals surface area contributed by atoms with Gasteiger partial charge in [-0.1, -0.05) is 45.2 Å². The smallest absolute Gasteiger partial charge is 0.309 e. The van der Waals surface area contributed by atoms with E-state index in [2.05, 4.69) is 45.2 Å². The Bertz CT molecular complexity index is 268. The molecule has 0 unspecified atom stereocenters. The van der Waals surface area contributed by atoms with Crippen LogP contribution in [0.15, 0.2) is 0 Å². The number of hydrogen-bond acceptors (Lipinski definition) is 2. The molecule has 0 N–H and O–H groups in total. The third-order valence-corrected chi connectivity index (χ3v) is 6.34. The molecule has 0 aromatic heterocycles. The second-order valence-electron chi connectivity index (χ2n) is 4.25. The van der Waals surface area contributed by atoms with Crippen molar-refractivity contribution in [1.82, 2.24) is 0 Å². The van der Waals surface area contributed by atoms with E-state index in [1.807, 2.05) is 0 Å². The van der Waals surface area contributed by atoms with Crippen LogP contribution in [0.2, 0.25) is 0 Å². The largest absolute Gasteiger partial charge is 0.461 e. The normalized spacial score (nSPS) is 58.2. The quantitative estimate of drug-likeness (QED) is 0.352. The van der Waals surface area contributed by atoms with E-state index in [4.69, 9.17) is 4.74 Å². The van der Waals surface area contributed by atoms with Gasteiger partial charge in [0.2, 0.25) is 0 Å². The van der Waals surface area contributed by atoms with Crippen LogP contribution in [0.25, 0.3) is 0 Å². The molecule has 2 aliphatic carbocycles. The Morgan fingerprint density at radius 3 is 2.77 bits per heavy atom. The van der Waals surface area contributed by atoms with Gasteiger partial charge in [0, 0.05) is 13.8 Å². The predicted octanol–water partition coefficient (Wildman–Crippen LogP) is 2.17. The van der Waals surface area contributed by atoms with Crippen LogP contribution in [0.1, 0.15) is 12.8 Å². The van der Waals surface area contributed by atoms with Crippen molar-refractivity contribution < 1.29 is 9.53 Å². The van der Waals surface area contributed by atoms with E-state index in [1.165, 1.54) is 6.42 Å². The van der Waals surface area contributed by atoms with Crippen molar-refractivity contribution in [2.24, 2.45) is 17.8 Å². The standard InChI is InChI=1S/C9H10I2O2/c10-5-2-4-7-3(5)1-6(11)8(7)13-9(4)12/h3-8H,1-2H2/t3-,4+,5+,6+,7-,8-/m1/s1. The summed E-state index contributed by atoms with van der Waals surface area (Å²) in [6.45, 7) is 0. The molecule has 1 saturated heterocycles. The number of alkyl halides is 2. The van der Waals surface area contributed by atoms with Gasteiger partial charge in [0.25, 0.3) is 0 Å². The summed E-state index contributed by atoms with van der Waals surface area (Å²) in [5.74, 6) is 1.65. The molecule has 2 saturated carbocycles. The van der Waals surface area contributed by atoms with Crippen molar-refractivity contribution in [2.75, 3.05) is 0 Å². The van der Waals surface area contributed by atoms with Crippen molar-refractivity contribution in [2.45, 2.75) is 26.8 Å². The summed E-state index contributed by atoms with van der Waals surface area (Å²) >= 11 is 4.97. The van der Waals surface area contributed by atoms with Gasteiger partial charge in [-0.2, -0.15) is 0 Å². The highest BCUT2D eigenvalue weighted by molar-refractivity contribution is 14.1. The molecular weight excluding hydrogens is 394 g/mol. The minimum atomic E-state index is 0.0838. The number of rotatable bonds is 0. The Kier molecular flexibility index (Phi) is 2.09. The lowest BCUT2D eigenvalue weighted by Gasteiger charge is -2.12. The van der Waals surface area contributed by atoms with Gasteiger partial charge in [0.15, 0.2) is 0 Å². The highest BCUT2D eigenvalue weighted by atomic mass is 127. The van der Waals surface area contributed by atoms with Gasteiger partial charge in [0.1, 0.15) is 6.10 Å². The number of carbonyl (C=O) groups is 1. The van der Waals surface area contributed by atoms with E-state index in [0.717, 1.165) is 12.3 Å². The first-order valence-electron chi connectivity index (χ1n) is 4.67. The molecule has 0 bridgehead atoms. The molecular formula is C9H10I2O2. The maximum atomic E-state index is 11.5. The molecule has 4 heteroatoms. The Morgan fingerprint density at radius 2 is 2.00 bits per heavy atom. The average Bonchev–Trinajstić information content (AvgIpc) is 2.63. The average molecular weight is 404 g/mol. The zero-order valence-electron chi connectivity index (χ0n) is 6.95. The highest BCUT2D eigenvalue weighted by Gasteiger charge is 2.61. The molecule has 0 radical (unpaired) electrons. The Balaban J connectivity index is 1.98. The van der Waals surface area contributed by atoms with Crippen LogP contribution in [-0.4, -0.2) is 19.9 Å². The van der Waals surface area contributed by atoms with E-state index in [-0.39, 0.29) is 18.0 Å². The fraction of sp³-hybridized carbons (Fsp3) is 0.889. The fourth-order valence-electron chi connectivity index (χ4n) is 3.15. The van der Waals surface area contributed by atoms with Crippen LogP contribution >= 0.6 is 45.2 Å². The monoisotopic (exact) mass is 404 g/mol. The molecule has 2 nitrogen and oxygen atoms in total. The van der Waals surface area contributed by atoms with Crippen LogP contribution in [0, 0.1) is 17.8 Å². The van der Waals surface area contributed by atoms with Crippen LogP contribution in [0.5, 0.6) is 0 Å². The SMILES string of the molecule is O=C1O[C@H]2[C@@H]3[C@H](C[C@@H]2I)[C@@H](I)C[C@H]13. The summed E-state index contributed by atoms with van der Waals surface area (Å²) in [5.41, 5.74) is 0. The van der Waals surface area contributed by atoms with Crippen molar-refractivity contribution in [3.05, 3.63) is 0 Å². The summed E-state index contributed by atoms with van der Waals surface area (Å²) in [4.78, 5) is 11.5. The van der Waals surface area contributed by atoms with Crippen molar-refractivity contribution in [1.29, 1.82) is 0 Å². The molecule has 1 heterocycles. The predicted molar refractivity (Wildman–Crippen MR) is 65.2 cm³/mol. The zero-order chi connectivity index (χ0) is 9.16. The van der Waals surface area contributed by atoms with E-state index in [0.29, 0.717) is 13.8 Å². The Morgan fingerprint density at radius 1 is 1.23 bits per heavy atom. The molecule has 3 rings (SSSR count). The summed E-state index contributed by atoms with van der Waals surface area (Å²) in [6, 6.07) is 0. The molecule has 6 atom stereocenters. The minimum Gasteiger partial charge on any atom is -0.461 e. The number of halogens is 2. The van der Waals surface area contributed by atoms with Crippen LogP contribution in [-0.2, 0) is 9.53 Å². The van der Waals surface area contributed by atoms with Gasteiger partial charge in [-0.15, -0.1) is 0 Å². The fourth-order valence-corrected chi connectivity index (χ4v) is 5.69. The first-order chi connectivity index (χ1) is 6.18. The summed E-state index contributed by atoms with van der Waals surface area (Å²) < 4.78 is 6.71. The lowest BCUT2D eigenvalue weighted by molar-refractivity contribution is -0.144. The van der Waals surface area contributed by atoms with E-state index in [9.17, 15) is 4.79 Å². The molecule has 3 aliphatic rings. The maximum absolute atomic E-state index is 11.5. The second-order valence-corrected chi connectivity index (χ2v) is 7.45. The lowest BCUT2D eigenvalue weighted by Crippen LogP contribution is -2.19. The highest BCUT2D eigenvalue weighted by Crippen LogP contribution is 2.57. The molecule has 13 heavy (non-hydrogen) atoms. The van der Waals surface area contributed by atoms with Gasteiger partial charge in [-0.25, -0.2) is 0 Å². The topological polar surface area (TPSA) is 26.3 Å². The number of ether oxygens (including phenoxy) is 1. The van der Waals surface area contributed by atoms with Crippen LogP contribution in [0.3, 0.4) is 0 Å². The molecule has 3 fully saturated rings. The maximum Gasteiger partial charge on any atom is 0.309 e. The van der Waals surface area contributed by atoms with Crippen LogP contribution < -0.4 is 0 Å². The molecule has 0 aromatic rings. The van der Waals surface area contributed by atoms with Gasteiger partial charge >= 0.3 is 5.97 Å². The van der Waals surface area contributed by atoms with Crippen molar-refractivity contribution in [3.63, 3.8) is 0 Å².